The van der Waals surface area contributed by atoms with Crippen molar-refractivity contribution in [3.8, 4) is 0 Å². The average molecular weight is 379 g/mol. The summed E-state index contributed by atoms with van der Waals surface area (Å²) in [5.74, 6) is -0.628. The molecule has 1 saturated heterocycles. The summed E-state index contributed by atoms with van der Waals surface area (Å²) in [6, 6.07) is 5.75. The van der Waals surface area contributed by atoms with Crippen LogP contribution in [-0.2, 0) is 25.8 Å². The summed E-state index contributed by atoms with van der Waals surface area (Å²) in [6.45, 7) is 3.81. The SMILES string of the molecule is CN1CCC(c2nc(C(F)(F)F)n3c2CN(Cc2ccccn2)CC3)CC1. The topological polar surface area (TPSA) is 37.2 Å². The molecule has 27 heavy (non-hydrogen) atoms. The zero-order chi connectivity index (χ0) is 19.0. The summed E-state index contributed by atoms with van der Waals surface area (Å²) in [5, 5.41) is 0. The maximum Gasteiger partial charge on any atom is 0.449 e. The molecule has 8 heteroatoms. The highest BCUT2D eigenvalue weighted by Crippen LogP contribution is 2.37. The minimum Gasteiger partial charge on any atom is -0.322 e. The highest BCUT2D eigenvalue weighted by Gasteiger charge is 2.41. The van der Waals surface area contributed by atoms with Crippen LogP contribution in [0.1, 0.15) is 41.7 Å². The number of aromatic nitrogens is 3. The van der Waals surface area contributed by atoms with Crippen LogP contribution in [0.25, 0.3) is 0 Å². The van der Waals surface area contributed by atoms with Gasteiger partial charge in [0, 0.05) is 38.3 Å². The number of halogens is 3. The molecule has 0 aromatic carbocycles. The van der Waals surface area contributed by atoms with Gasteiger partial charge < -0.3 is 9.47 Å². The van der Waals surface area contributed by atoms with Gasteiger partial charge in [-0.1, -0.05) is 6.07 Å². The van der Waals surface area contributed by atoms with Gasteiger partial charge in [0.25, 0.3) is 0 Å². The summed E-state index contributed by atoms with van der Waals surface area (Å²) in [7, 11) is 2.05. The predicted molar refractivity (Wildman–Crippen MR) is 95.1 cm³/mol. The maximum absolute atomic E-state index is 13.5. The van der Waals surface area contributed by atoms with E-state index in [1.54, 1.807) is 6.20 Å². The third-order valence-corrected chi connectivity index (χ3v) is 5.59. The lowest BCUT2D eigenvalue weighted by atomic mass is 9.92. The van der Waals surface area contributed by atoms with Gasteiger partial charge in [0.05, 0.1) is 17.1 Å². The molecule has 2 aromatic rings. The molecule has 1 fully saturated rings. The monoisotopic (exact) mass is 379 g/mol. The molecule has 0 atom stereocenters. The molecule has 0 bridgehead atoms. The highest BCUT2D eigenvalue weighted by molar-refractivity contribution is 5.25. The first-order valence-corrected chi connectivity index (χ1v) is 9.39. The van der Waals surface area contributed by atoms with Crippen LogP contribution in [-0.4, -0.2) is 51.0 Å². The standard InChI is InChI=1S/C19H24F3N5/c1-25-8-5-14(6-9-25)17-16-13-26(12-15-4-2-3-7-23-15)10-11-27(16)18(24-17)19(20,21)22/h2-4,7,14H,5-6,8-13H2,1H3. The van der Waals surface area contributed by atoms with Crippen LogP contribution >= 0.6 is 0 Å². The lowest BCUT2D eigenvalue weighted by Crippen LogP contribution is -2.35. The second-order valence-corrected chi connectivity index (χ2v) is 7.53. The fourth-order valence-corrected chi connectivity index (χ4v) is 4.13. The summed E-state index contributed by atoms with van der Waals surface area (Å²) >= 11 is 0. The number of alkyl halides is 3. The van der Waals surface area contributed by atoms with Gasteiger partial charge in [-0.25, -0.2) is 4.98 Å². The predicted octanol–water partition coefficient (Wildman–Crippen LogP) is 3.12. The quantitative estimate of drug-likeness (QED) is 0.821. The zero-order valence-electron chi connectivity index (χ0n) is 15.4. The van der Waals surface area contributed by atoms with Crippen molar-refractivity contribution in [3.05, 3.63) is 47.3 Å². The minimum atomic E-state index is -4.42. The van der Waals surface area contributed by atoms with Gasteiger partial charge in [-0.3, -0.25) is 9.88 Å². The van der Waals surface area contributed by atoms with Crippen LogP contribution in [0.5, 0.6) is 0 Å². The molecule has 4 heterocycles. The van der Waals surface area contributed by atoms with Crippen LogP contribution in [0.15, 0.2) is 24.4 Å². The Labute approximate surface area is 156 Å². The molecular formula is C19H24F3N5. The van der Waals surface area contributed by atoms with E-state index in [1.165, 1.54) is 4.57 Å². The molecule has 4 rings (SSSR count). The summed E-state index contributed by atoms with van der Waals surface area (Å²) in [5.41, 5.74) is 2.32. The number of imidazole rings is 1. The summed E-state index contributed by atoms with van der Waals surface area (Å²) in [6.07, 6.45) is -0.951. The first kappa shape index (κ1) is 18.4. The molecule has 146 valence electrons. The Kier molecular flexibility index (Phi) is 4.94. The molecule has 0 saturated carbocycles. The fourth-order valence-electron chi connectivity index (χ4n) is 4.13. The zero-order valence-corrected chi connectivity index (χ0v) is 15.4. The van der Waals surface area contributed by atoms with E-state index in [-0.39, 0.29) is 5.92 Å². The Hall–Kier alpha value is -1.93. The van der Waals surface area contributed by atoms with Crippen molar-refractivity contribution in [1.29, 1.82) is 0 Å². The van der Waals surface area contributed by atoms with Gasteiger partial charge in [0.15, 0.2) is 0 Å². The van der Waals surface area contributed by atoms with Gasteiger partial charge >= 0.3 is 6.18 Å². The van der Waals surface area contributed by atoms with E-state index in [0.29, 0.717) is 31.9 Å². The number of pyridine rings is 1. The van der Waals surface area contributed by atoms with E-state index in [1.807, 2.05) is 18.2 Å². The van der Waals surface area contributed by atoms with Crippen molar-refractivity contribution in [3.63, 3.8) is 0 Å². The van der Waals surface area contributed by atoms with Crippen molar-refractivity contribution < 1.29 is 13.2 Å². The van der Waals surface area contributed by atoms with E-state index in [9.17, 15) is 13.2 Å². The lowest BCUT2D eigenvalue weighted by molar-refractivity contribution is -0.147. The molecular weight excluding hydrogens is 355 g/mol. The lowest BCUT2D eigenvalue weighted by Gasteiger charge is -2.32. The number of hydrogen-bond acceptors (Lipinski definition) is 4. The van der Waals surface area contributed by atoms with Crippen molar-refractivity contribution in [2.24, 2.45) is 0 Å². The van der Waals surface area contributed by atoms with Crippen LogP contribution in [0.2, 0.25) is 0 Å². The molecule has 0 amide bonds. The van der Waals surface area contributed by atoms with Gasteiger partial charge in [0.1, 0.15) is 0 Å². The van der Waals surface area contributed by atoms with Gasteiger partial charge in [0.2, 0.25) is 5.82 Å². The molecule has 2 aliphatic heterocycles. The Morgan fingerprint density at radius 1 is 1.11 bits per heavy atom. The van der Waals surface area contributed by atoms with Gasteiger partial charge in [-0.15, -0.1) is 0 Å². The van der Waals surface area contributed by atoms with Crippen LogP contribution in [0, 0.1) is 0 Å². The number of nitrogens with zero attached hydrogens (tertiary/aromatic N) is 5. The first-order chi connectivity index (χ1) is 12.9. The van der Waals surface area contributed by atoms with Crippen molar-refractivity contribution in [1.82, 2.24) is 24.3 Å². The average Bonchev–Trinajstić information content (AvgIpc) is 3.02. The van der Waals surface area contributed by atoms with E-state index in [0.717, 1.165) is 37.3 Å². The van der Waals surface area contributed by atoms with Crippen molar-refractivity contribution in [2.45, 2.75) is 44.6 Å². The van der Waals surface area contributed by atoms with Crippen LogP contribution in [0.4, 0.5) is 13.2 Å². The molecule has 0 spiro atoms. The Bertz CT molecular complexity index is 779. The molecule has 0 radical (unpaired) electrons. The Morgan fingerprint density at radius 3 is 2.56 bits per heavy atom. The van der Waals surface area contributed by atoms with E-state index in [4.69, 9.17) is 0 Å². The summed E-state index contributed by atoms with van der Waals surface area (Å²) < 4.78 is 42.0. The van der Waals surface area contributed by atoms with Crippen LogP contribution < -0.4 is 0 Å². The first-order valence-electron chi connectivity index (χ1n) is 9.39. The minimum absolute atomic E-state index is 0.105. The van der Waals surface area contributed by atoms with Crippen molar-refractivity contribution >= 4 is 0 Å². The summed E-state index contributed by atoms with van der Waals surface area (Å²) in [4.78, 5) is 12.9. The maximum atomic E-state index is 13.5. The smallest absolute Gasteiger partial charge is 0.322 e. The van der Waals surface area contributed by atoms with Gasteiger partial charge in [-0.05, 0) is 45.1 Å². The van der Waals surface area contributed by atoms with Gasteiger partial charge in [-0.2, -0.15) is 13.2 Å². The number of fused-ring (bicyclic) bond motifs is 1. The Morgan fingerprint density at radius 2 is 1.89 bits per heavy atom. The molecule has 2 aliphatic rings. The van der Waals surface area contributed by atoms with E-state index < -0.39 is 12.0 Å². The second-order valence-electron chi connectivity index (χ2n) is 7.53. The number of rotatable bonds is 3. The molecule has 2 aromatic heterocycles. The largest absolute Gasteiger partial charge is 0.449 e. The molecule has 0 aliphatic carbocycles. The normalized spacial score (nSPS) is 20.0. The molecule has 0 N–H and O–H groups in total. The van der Waals surface area contributed by atoms with Crippen LogP contribution in [0.3, 0.4) is 0 Å². The fraction of sp³-hybridized carbons (Fsp3) is 0.579. The molecule has 0 unspecified atom stereocenters. The van der Waals surface area contributed by atoms with E-state index in [2.05, 4.69) is 26.8 Å². The third kappa shape index (κ3) is 3.87. The number of likely N-dealkylation sites (tertiary alicyclic amines) is 1. The van der Waals surface area contributed by atoms with Crippen molar-refractivity contribution in [2.75, 3.05) is 26.7 Å². The third-order valence-electron chi connectivity index (χ3n) is 5.59. The second kappa shape index (κ2) is 7.24. The highest BCUT2D eigenvalue weighted by atomic mass is 19.4. The van der Waals surface area contributed by atoms with E-state index >= 15 is 0 Å². The number of piperidine rings is 1. The molecule has 5 nitrogen and oxygen atoms in total. The number of hydrogen-bond donors (Lipinski definition) is 0. The Balaban J connectivity index is 1.62.